The number of benzene rings is 2. The molecule has 0 saturated carbocycles. The lowest BCUT2D eigenvalue weighted by Gasteiger charge is -2.24. The van der Waals surface area contributed by atoms with Crippen molar-refractivity contribution in [2.24, 2.45) is 0 Å². The highest BCUT2D eigenvalue weighted by atomic mass is 32.2. The highest BCUT2D eigenvalue weighted by molar-refractivity contribution is 7.91. The number of ether oxygens (including phenoxy) is 2. The van der Waals surface area contributed by atoms with Gasteiger partial charge in [-0.1, -0.05) is 51.1 Å². The second-order valence-corrected chi connectivity index (χ2v) is 9.29. The molecule has 6 heteroatoms. The lowest BCUT2D eigenvalue weighted by atomic mass is 9.86. The maximum Gasteiger partial charge on any atom is 0.236 e. The van der Waals surface area contributed by atoms with Gasteiger partial charge in [0.1, 0.15) is 18.5 Å². The molecule has 1 atom stereocenters. The van der Waals surface area contributed by atoms with Crippen molar-refractivity contribution in [2.45, 2.75) is 38.0 Å². The molecule has 0 aliphatic carbocycles. The zero-order chi connectivity index (χ0) is 18.8. The molecule has 1 aliphatic rings. The van der Waals surface area contributed by atoms with E-state index in [1.54, 1.807) is 24.3 Å². The quantitative estimate of drug-likeness (QED) is 0.749. The average molecular weight is 375 g/mol. The fourth-order valence-corrected chi connectivity index (χ4v) is 3.89. The van der Waals surface area contributed by atoms with Crippen molar-refractivity contribution >= 4 is 15.7 Å². The van der Waals surface area contributed by atoms with Crippen LogP contribution in [0, 0.1) is 0 Å². The molecule has 0 radical (unpaired) electrons. The monoisotopic (exact) mass is 375 g/mol. The molecular formula is C20H25NO4S. The molecule has 0 bridgehead atoms. The third-order valence-corrected chi connectivity index (χ3v) is 5.35. The predicted molar refractivity (Wildman–Crippen MR) is 103 cm³/mol. The van der Waals surface area contributed by atoms with E-state index in [2.05, 4.69) is 4.72 Å². The maximum absolute atomic E-state index is 12.6. The lowest BCUT2D eigenvalue weighted by molar-refractivity contribution is 0.262. The van der Waals surface area contributed by atoms with Crippen molar-refractivity contribution in [3.05, 3.63) is 59.7 Å². The number of hydrogen-bond acceptors (Lipinski definition) is 4. The minimum atomic E-state index is -3.51. The number of nitrogens with one attached hydrogen (secondary N) is 1. The van der Waals surface area contributed by atoms with Crippen LogP contribution in [-0.4, -0.2) is 27.7 Å². The van der Waals surface area contributed by atoms with Crippen molar-refractivity contribution in [1.29, 1.82) is 0 Å². The Labute approximate surface area is 155 Å². The summed E-state index contributed by atoms with van der Waals surface area (Å²) in [5.74, 6) is 0.658. The molecular weight excluding hydrogens is 350 g/mol. The molecule has 0 amide bonds. The molecule has 1 saturated heterocycles. The van der Waals surface area contributed by atoms with E-state index < -0.39 is 10.0 Å². The molecule has 0 spiro atoms. The molecule has 2 aromatic carbocycles. The third kappa shape index (κ3) is 5.22. The zero-order valence-electron chi connectivity index (χ0n) is 15.4. The first-order chi connectivity index (χ1) is 12.2. The Bertz CT molecular complexity index is 853. The molecule has 1 heterocycles. The fraction of sp³-hybridized carbons (Fsp3) is 0.400. The van der Waals surface area contributed by atoms with Gasteiger partial charge in [-0.15, -0.1) is 0 Å². The average Bonchev–Trinajstić information content (AvgIpc) is 3.37. The Kier molecular flexibility index (Phi) is 5.25. The first kappa shape index (κ1) is 18.7. The van der Waals surface area contributed by atoms with E-state index in [1.165, 1.54) is 0 Å². The molecule has 26 heavy (non-hydrogen) atoms. The van der Waals surface area contributed by atoms with Gasteiger partial charge in [0.25, 0.3) is 0 Å². The first-order valence-electron chi connectivity index (χ1n) is 8.66. The molecule has 0 aromatic heterocycles. The summed E-state index contributed by atoms with van der Waals surface area (Å²) in [6, 6.07) is 14.6. The Morgan fingerprint density at radius 1 is 1.15 bits per heavy atom. The van der Waals surface area contributed by atoms with Gasteiger partial charge in [0.2, 0.25) is 10.0 Å². The molecule has 5 nitrogen and oxygen atoms in total. The van der Waals surface area contributed by atoms with Gasteiger partial charge in [0.15, 0.2) is 0 Å². The summed E-state index contributed by atoms with van der Waals surface area (Å²) in [7, 11) is -3.51. The summed E-state index contributed by atoms with van der Waals surface area (Å²) >= 11 is 0. The summed E-state index contributed by atoms with van der Waals surface area (Å²) in [5, 5.41) is 0. The van der Waals surface area contributed by atoms with E-state index in [4.69, 9.17) is 9.47 Å². The second-order valence-electron chi connectivity index (χ2n) is 7.57. The third-order valence-electron chi connectivity index (χ3n) is 4.10. The van der Waals surface area contributed by atoms with Gasteiger partial charge in [-0.25, -0.2) is 8.42 Å². The Morgan fingerprint density at radius 2 is 1.85 bits per heavy atom. The molecule has 1 unspecified atom stereocenters. The summed E-state index contributed by atoms with van der Waals surface area (Å²) in [6.45, 7) is 7.40. The Hall–Kier alpha value is -2.05. The smallest absolute Gasteiger partial charge is 0.236 e. The van der Waals surface area contributed by atoms with Crippen LogP contribution < -0.4 is 9.46 Å². The fourth-order valence-electron chi connectivity index (χ4n) is 2.67. The van der Waals surface area contributed by atoms with E-state index in [0.717, 1.165) is 23.5 Å². The van der Waals surface area contributed by atoms with Gasteiger partial charge in [-0.3, -0.25) is 4.72 Å². The molecule has 1 N–H and O–H groups in total. The molecule has 2 aromatic rings. The van der Waals surface area contributed by atoms with E-state index >= 15 is 0 Å². The van der Waals surface area contributed by atoms with Gasteiger partial charge in [0, 0.05) is 0 Å². The van der Waals surface area contributed by atoms with Crippen LogP contribution in [0.4, 0.5) is 5.69 Å². The topological polar surface area (TPSA) is 67.9 Å². The number of epoxide rings is 1. The van der Waals surface area contributed by atoms with Gasteiger partial charge >= 0.3 is 0 Å². The predicted octanol–water partition coefficient (Wildman–Crippen LogP) is 3.70. The Balaban J connectivity index is 1.81. The summed E-state index contributed by atoms with van der Waals surface area (Å²) in [6.07, 6.45) is 0.178. The van der Waals surface area contributed by atoms with Crippen LogP contribution in [0.15, 0.2) is 48.5 Å². The number of anilines is 1. The minimum Gasteiger partial charge on any atom is -0.491 e. The maximum atomic E-state index is 12.6. The molecule has 140 valence electrons. The largest absolute Gasteiger partial charge is 0.491 e. The SMILES string of the molecule is CC(C)(C)c1cc(OCC2CO2)ccc1NS(=O)(=O)Cc1ccccc1. The van der Waals surface area contributed by atoms with Gasteiger partial charge in [0.05, 0.1) is 18.0 Å². The van der Waals surface area contributed by atoms with Crippen molar-refractivity contribution in [1.82, 2.24) is 0 Å². The van der Waals surface area contributed by atoms with Crippen molar-refractivity contribution < 1.29 is 17.9 Å². The summed E-state index contributed by atoms with van der Waals surface area (Å²) in [5.41, 5.74) is 1.99. The first-order valence-corrected chi connectivity index (χ1v) is 10.3. The van der Waals surface area contributed by atoms with Crippen LogP contribution >= 0.6 is 0 Å². The summed E-state index contributed by atoms with van der Waals surface area (Å²) < 4.78 is 38.8. The van der Waals surface area contributed by atoms with Gasteiger partial charge in [-0.2, -0.15) is 0 Å². The highest BCUT2D eigenvalue weighted by Gasteiger charge is 2.25. The summed E-state index contributed by atoms with van der Waals surface area (Å²) in [4.78, 5) is 0. The van der Waals surface area contributed by atoms with Crippen LogP contribution in [-0.2, 0) is 25.9 Å². The second kappa shape index (κ2) is 7.29. The number of hydrogen-bond donors (Lipinski definition) is 1. The highest BCUT2D eigenvalue weighted by Crippen LogP contribution is 2.34. The minimum absolute atomic E-state index is 0.0608. The lowest BCUT2D eigenvalue weighted by Crippen LogP contribution is -2.20. The normalized spacial score (nSPS) is 17.0. The van der Waals surface area contributed by atoms with Crippen LogP contribution in [0.1, 0.15) is 31.9 Å². The standard InChI is InChI=1S/C20H25NO4S/c1-20(2,3)18-11-16(24-12-17-13-25-17)9-10-19(18)21-26(22,23)14-15-7-5-4-6-8-15/h4-11,17,21H,12-14H2,1-3H3. The molecule has 3 rings (SSSR count). The molecule has 1 aliphatic heterocycles. The van der Waals surface area contributed by atoms with Crippen LogP contribution in [0.5, 0.6) is 5.75 Å². The van der Waals surface area contributed by atoms with Crippen molar-refractivity contribution in [2.75, 3.05) is 17.9 Å². The van der Waals surface area contributed by atoms with Crippen molar-refractivity contribution in [3.8, 4) is 5.75 Å². The van der Waals surface area contributed by atoms with Gasteiger partial charge in [-0.05, 0) is 34.7 Å². The molecule has 1 fully saturated rings. The zero-order valence-corrected chi connectivity index (χ0v) is 16.2. The number of rotatable bonds is 7. The van der Waals surface area contributed by atoms with E-state index in [0.29, 0.717) is 12.3 Å². The van der Waals surface area contributed by atoms with E-state index in [1.807, 2.05) is 45.0 Å². The van der Waals surface area contributed by atoms with Crippen LogP contribution in [0.2, 0.25) is 0 Å². The number of sulfonamides is 1. The van der Waals surface area contributed by atoms with E-state index in [9.17, 15) is 8.42 Å². The Morgan fingerprint density at radius 3 is 2.46 bits per heavy atom. The van der Waals surface area contributed by atoms with Gasteiger partial charge < -0.3 is 9.47 Å². The van der Waals surface area contributed by atoms with Crippen LogP contribution in [0.25, 0.3) is 0 Å². The van der Waals surface area contributed by atoms with Crippen molar-refractivity contribution in [3.63, 3.8) is 0 Å². The van der Waals surface area contributed by atoms with E-state index in [-0.39, 0.29) is 17.3 Å². The van der Waals surface area contributed by atoms with Crippen LogP contribution in [0.3, 0.4) is 0 Å².